The number of hydrogen-bond acceptors (Lipinski definition) is 6. The first-order valence-electron chi connectivity index (χ1n) is 7.37. The van der Waals surface area contributed by atoms with Crippen molar-refractivity contribution < 1.29 is 13.2 Å². The summed E-state index contributed by atoms with van der Waals surface area (Å²) in [6, 6.07) is 0. The van der Waals surface area contributed by atoms with E-state index in [2.05, 4.69) is 15.3 Å². The maximum Gasteiger partial charge on any atom is 0.262 e. The normalized spacial score (nSPS) is 23.3. The molecule has 2 aromatic rings. The molecular weight excluding hydrogens is 334 g/mol. The predicted molar refractivity (Wildman–Crippen MR) is 90.8 cm³/mol. The molecule has 1 N–H and O–H groups in total. The van der Waals surface area contributed by atoms with Gasteiger partial charge in [0.15, 0.2) is 9.84 Å². The third-order valence-electron chi connectivity index (χ3n) is 4.21. The number of fused-ring (bicyclic) bond motifs is 1. The first-order chi connectivity index (χ1) is 10.6. The van der Waals surface area contributed by atoms with E-state index in [1.807, 2.05) is 20.8 Å². The summed E-state index contributed by atoms with van der Waals surface area (Å²) in [5.74, 6) is 0.561. The summed E-state index contributed by atoms with van der Waals surface area (Å²) in [4.78, 5) is 22.8. The van der Waals surface area contributed by atoms with Gasteiger partial charge in [0.25, 0.3) is 5.91 Å². The lowest BCUT2D eigenvalue weighted by atomic mass is 10.0. The minimum absolute atomic E-state index is 0.00633. The summed E-state index contributed by atoms with van der Waals surface area (Å²) < 4.78 is 23.4. The number of carbonyl (C=O) groups is 1. The molecule has 0 aliphatic carbocycles. The highest BCUT2D eigenvalue weighted by Crippen LogP contribution is 2.32. The summed E-state index contributed by atoms with van der Waals surface area (Å²) in [5.41, 5.74) is 1.01. The number of sulfone groups is 1. The van der Waals surface area contributed by atoms with Crippen molar-refractivity contribution in [3.05, 3.63) is 22.0 Å². The highest BCUT2D eigenvalue weighted by Gasteiger charge is 2.40. The van der Waals surface area contributed by atoms with Gasteiger partial charge < -0.3 is 5.32 Å². The molecule has 23 heavy (non-hydrogen) atoms. The standard InChI is InChI=1S/C15H19N3O3S2/c1-8-11-9(2)16-10(3)17-14(11)22-12(8)13(19)18-15(4)5-6-23(20,21)7-15/h5-7H2,1-4H3,(H,18,19). The molecule has 1 unspecified atom stereocenters. The maximum absolute atomic E-state index is 12.7. The SMILES string of the molecule is Cc1nc(C)c2c(C)c(C(=O)NC3(C)CCS(=O)(=O)C3)sc2n1. The molecule has 1 aliphatic rings. The van der Waals surface area contributed by atoms with Gasteiger partial charge in [-0.1, -0.05) is 0 Å². The molecule has 0 radical (unpaired) electrons. The van der Waals surface area contributed by atoms with E-state index in [1.54, 1.807) is 6.92 Å². The molecule has 1 fully saturated rings. The van der Waals surface area contributed by atoms with Gasteiger partial charge >= 0.3 is 0 Å². The van der Waals surface area contributed by atoms with E-state index in [9.17, 15) is 13.2 Å². The molecule has 1 saturated heterocycles. The zero-order chi connectivity index (χ0) is 17.0. The van der Waals surface area contributed by atoms with E-state index < -0.39 is 15.4 Å². The molecule has 0 spiro atoms. The van der Waals surface area contributed by atoms with Crippen LogP contribution in [0.5, 0.6) is 0 Å². The minimum Gasteiger partial charge on any atom is -0.345 e. The second-order valence-corrected chi connectivity index (χ2v) is 9.63. The van der Waals surface area contributed by atoms with Gasteiger partial charge in [0.1, 0.15) is 10.7 Å². The number of hydrogen-bond donors (Lipinski definition) is 1. The molecule has 2 aromatic heterocycles. The molecule has 124 valence electrons. The second-order valence-electron chi connectivity index (χ2n) is 6.45. The van der Waals surface area contributed by atoms with Crippen LogP contribution in [0.25, 0.3) is 10.2 Å². The zero-order valence-electron chi connectivity index (χ0n) is 13.6. The van der Waals surface area contributed by atoms with E-state index in [0.29, 0.717) is 17.1 Å². The Kier molecular flexibility index (Phi) is 3.72. The summed E-state index contributed by atoms with van der Waals surface area (Å²) >= 11 is 1.33. The topological polar surface area (TPSA) is 89.0 Å². The van der Waals surface area contributed by atoms with Crippen LogP contribution in [0.1, 0.15) is 40.1 Å². The molecule has 8 heteroatoms. The van der Waals surface area contributed by atoms with Crippen LogP contribution in [-0.2, 0) is 9.84 Å². The third-order valence-corrected chi connectivity index (χ3v) is 7.30. The summed E-state index contributed by atoms with van der Waals surface area (Å²) in [5, 5.41) is 3.82. The van der Waals surface area contributed by atoms with Gasteiger partial charge in [-0.3, -0.25) is 4.79 Å². The molecule has 6 nitrogen and oxygen atoms in total. The number of thiophene rings is 1. The third kappa shape index (κ3) is 2.97. The van der Waals surface area contributed by atoms with Crippen LogP contribution in [-0.4, -0.2) is 41.3 Å². The number of nitrogens with zero attached hydrogens (tertiary/aromatic N) is 2. The quantitative estimate of drug-likeness (QED) is 0.891. The Balaban J connectivity index is 1.96. The molecule has 0 saturated carbocycles. The largest absolute Gasteiger partial charge is 0.345 e. The van der Waals surface area contributed by atoms with Crippen LogP contribution in [0.3, 0.4) is 0 Å². The molecular formula is C15H19N3O3S2. The smallest absolute Gasteiger partial charge is 0.262 e. The van der Waals surface area contributed by atoms with E-state index in [4.69, 9.17) is 0 Å². The van der Waals surface area contributed by atoms with Crippen molar-refractivity contribution in [1.29, 1.82) is 0 Å². The molecule has 0 aromatic carbocycles. The number of rotatable bonds is 2. The number of aromatic nitrogens is 2. The zero-order valence-corrected chi connectivity index (χ0v) is 15.2. The molecule has 1 atom stereocenters. The number of carbonyl (C=O) groups excluding carboxylic acids is 1. The van der Waals surface area contributed by atoms with E-state index in [-0.39, 0.29) is 17.4 Å². The average Bonchev–Trinajstić information content (AvgIpc) is 2.86. The Morgan fingerprint density at radius 1 is 1.26 bits per heavy atom. The molecule has 3 heterocycles. The van der Waals surface area contributed by atoms with E-state index in [0.717, 1.165) is 21.5 Å². The Bertz CT molecular complexity index is 918. The lowest BCUT2D eigenvalue weighted by Gasteiger charge is -2.23. The fraction of sp³-hybridized carbons (Fsp3) is 0.533. The van der Waals surface area contributed by atoms with Crippen molar-refractivity contribution in [3.63, 3.8) is 0 Å². The fourth-order valence-electron chi connectivity index (χ4n) is 3.13. The average molecular weight is 353 g/mol. The van der Waals surface area contributed by atoms with Crippen LogP contribution in [0.15, 0.2) is 0 Å². The lowest BCUT2D eigenvalue weighted by molar-refractivity contribution is 0.0919. The van der Waals surface area contributed by atoms with Crippen molar-refractivity contribution >= 4 is 37.3 Å². The first kappa shape index (κ1) is 16.3. The molecule has 0 bridgehead atoms. The van der Waals surface area contributed by atoms with Crippen LogP contribution in [0.4, 0.5) is 0 Å². The van der Waals surface area contributed by atoms with Gasteiger partial charge in [-0.15, -0.1) is 11.3 Å². The number of amides is 1. The first-order valence-corrected chi connectivity index (χ1v) is 10.0. The number of nitrogens with one attached hydrogen (secondary N) is 1. The monoisotopic (exact) mass is 353 g/mol. The maximum atomic E-state index is 12.7. The Morgan fingerprint density at radius 2 is 1.96 bits per heavy atom. The van der Waals surface area contributed by atoms with Gasteiger partial charge in [0.05, 0.1) is 21.9 Å². The van der Waals surface area contributed by atoms with E-state index >= 15 is 0 Å². The summed E-state index contributed by atoms with van der Waals surface area (Å²) in [6.07, 6.45) is 0.447. The predicted octanol–water partition coefficient (Wildman–Crippen LogP) is 1.92. The van der Waals surface area contributed by atoms with Gasteiger partial charge in [0.2, 0.25) is 0 Å². The lowest BCUT2D eigenvalue weighted by Crippen LogP contribution is -2.46. The highest BCUT2D eigenvalue weighted by molar-refractivity contribution is 7.91. The van der Waals surface area contributed by atoms with Crippen molar-refractivity contribution in [2.45, 2.75) is 39.7 Å². The molecule has 3 rings (SSSR count). The van der Waals surface area contributed by atoms with Crippen molar-refractivity contribution in [3.8, 4) is 0 Å². The van der Waals surface area contributed by atoms with Crippen molar-refractivity contribution in [2.75, 3.05) is 11.5 Å². The number of aryl methyl sites for hydroxylation is 3. The minimum atomic E-state index is -3.06. The van der Waals surface area contributed by atoms with E-state index in [1.165, 1.54) is 11.3 Å². The van der Waals surface area contributed by atoms with Crippen molar-refractivity contribution in [2.24, 2.45) is 0 Å². The van der Waals surface area contributed by atoms with Crippen LogP contribution in [0.2, 0.25) is 0 Å². The Labute approximate surface area is 139 Å². The molecule has 1 aliphatic heterocycles. The van der Waals surface area contributed by atoms with Gasteiger partial charge in [-0.25, -0.2) is 18.4 Å². The van der Waals surface area contributed by atoms with Gasteiger partial charge in [-0.05, 0) is 39.7 Å². The highest BCUT2D eigenvalue weighted by atomic mass is 32.2. The Hall–Kier alpha value is -1.54. The van der Waals surface area contributed by atoms with Crippen LogP contribution in [0, 0.1) is 20.8 Å². The fourth-order valence-corrected chi connectivity index (χ4v) is 6.40. The van der Waals surface area contributed by atoms with Crippen LogP contribution < -0.4 is 5.32 Å². The Morgan fingerprint density at radius 3 is 2.57 bits per heavy atom. The summed E-state index contributed by atoms with van der Waals surface area (Å²) in [7, 11) is -3.06. The van der Waals surface area contributed by atoms with Gasteiger partial charge in [0, 0.05) is 11.1 Å². The van der Waals surface area contributed by atoms with Gasteiger partial charge in [-0.2, -0.15) is 0 Å². The second kappa shape index (κ2) is 5.24. The van der Waals surface area contributed by atoms with Crippen LogP contribution >= 0.6 is 11.3 Å². The summed E-state index contributed by atoms with van der Waals surface area (Å²) in [6.45, 7) is 7.40. The molecule has 1 amide bonds. The van der Waals surface area contributed by atoms with Crippen molar-refractivity contribution in [1.82, 2.24) is 15.3 Å².